The molecule has 0 unspecified atom stereocenters. The monoisotopic (exact) mass is 499 g/mol. The molecule has 1 aliphatic heterocycles. The fourth-order valence-electron chi connectivity index (χ4n) is 5.15. The van der Waals surface area contributed by atoms with Gasteiger partial charge in [-0.3, -0.25) is 4.90 Å². The molecule has 9 nitrogen and oxygen atoms in total. The Morgan fingerprint density at radius 3 is 2.43 bits per heavy atom. The first-order valence-electron chi connectivity index (χ1n) is 11.9. The number of fused-ring (bicyclic) bond motifs is 1. The Morgan fingerprint density at radius 1 is 1.00 bits per heavy atom. The average Bonchev–Trinajstić information content (AvgIpc) is 2.86. The summed E-state index contributed by atoms with van der Waals surface area (Å²) in [4.78, 5) is 15.1. The molecular formula is C24H30FN7O2S. The van der Waals surface area contributed by atoms with Crippen molar-refractivity contribution in [3.05, 3.63) is 42.7 Å². The lowest BCUT2D eigenvalue weighted by molar-refractivity contribution is 0.109. The number of nitrogens with one attached hydrogen (secondary N) is 1. The van der Waals surface area contributed by atoms with Crippen LogP contribution in [0.4, 0.5) is 15.9 Å². The second-order valence-corrected chi connectivity index (χ2v) is 11.4. The molecule has 35 heavy (non-hydrogen) atoms. The van der Waals surface area contributed by atoms with E-state index in [0.717, 1.165) is 66.6 Å². The number of halogens is 1. The van der Waals surface area contributed by atoms with E-state index in [1.54, 1.807) is 16.7 Å². The third-order valence-electron chi connectivity index (χ3n) is 7.13. The molecular weight excluding hydrogens is 469 g/mol. The number of rotatable bonds is 5. The first-order valence-corrected chi connectivity index (χ1v) is 13.7. The van der Waals surface area contributed by atoms with Gasteiger partial charge in [0.15, 0.2) is 0 Å². The summed E-state index contributed by atoms with van der Waals surface area (Å²) in [5.74, 6) is 0.109. The summed E-state index contributed by atoms with van der Waals surface area (Å²) >= 11 is 0. The number of nitrogens with zero attached hydrogens (tertiary/aromatic N) is 5. The van der Waals surface area contributed by atoms with Gasteiger partial charge in [-0.25, -0.2) is 23.4 Å². The Kier molecular flexibility index (Phi) is 6.56. The maximum Gasteiger partial charge on any atom is 0.236 e. The summed E-state index contributed by atoms with van der Waals surface area (Å²) in [5, 5.41) is 4.51. The van der Waals surface area contributed by atoms with E-state index < -0.39 is 16.0 Å². The number of piperazine rings is 1. The number of benzene rings is 1. The van der Waals surface area contributed by atoms with Crippen LogP contribution in [-0.2, 0) is 10.0 Å². The summed E-state index contributed by atoms with van der Waals surface area (Å²) in [6.45, 7) is 2.72. The van der Waals surface area contributed by atoms with Crippen LogP contribution in [-0.4, -0.2) is 77.1 Å². The summed E-state index contributed by atoms with van der Waals surface area (Å²) in [7, 11) is -3.11. The summed E-state index contributed by atoms with van der Waals surface area (Å²) < 4.78 is 38.6. The van der Waals surface area contributed by atoms with Crippen LogP contribution in [0.15, 0.2) is 36.8 Å². The molecule has 2 fully saturated rings. The van der Waals surface area contributed by atoms with Gasteiger partial charge < -0.3 is 11.1 Å². The number of nitrogen functional groups attached to an aromatic ring is 1. The second-order valence-electron chi connectivity index (χ2n) is 9.41. The molecule has 0 amide bonds. The molecule has 186 valence electrons. The van der Waals surface area contributed by atoms with E-state index in [0.29, 0.717) is 25.2 Å². The van der Waals surface area contributed by atoms with E-state index in [1.165, 1.54) is 12.5 Å². The lowest BCUT2D eigenvalue weighted by Crippen LogP contribution is -2.52. The number of pyridine rings is 1. The number of sulfonamides is 1. The molecule has 3 N–H and O–H groups in total. The fraction of sp³-hybridized carbons (Fsp3) is 0.458. The molecule has 1 aromatic carbocycles. The zero-order valence-electron chi connectivity index (χ0n) is 19.7. The minimum absolute atomic E-state index is 0.0137. The molecule has 2 aromatic heterocycles. The van der Waals surface area contributed by atoms with Crippen LogP contribution >= 0.6 is 0 Å². The largest absolute Gasteiger partial charge is 0.395 e. The smallest absolute Gasteiger partial charge is 0.236 e. The van der Waals surface area contributed by atoms with Crippen LogP contribution in [0.5, 0.6) is 0 Å². The molecule has 5 rings (SSSR count). The zero-order valence-corrected chi connectivity index (χ0v) is 20.5. The number of hydrogen-bond donors (Lipinski definition) is 2. The molecule has 1 aliphatic carbocycles. The Morgan fingerprint density at radius 2 is 1.74 bits per heavy atom. The molecule has 2 aliphatic rings. The minimum atomic E-state index is -3.11. The van der Waals surface area contributed by atoms with Crippen molar-refractivity contribution in [3.63, 3.8) is 0 Å². The van der Waals surface area contributed by atoms with Gasteiger partial charge in [-0.15, -0.1) is 0 Å². The highest BCUT2D eigenvalue weighted by atomic mass is 32.2. The normalized spacial score (nSPS) is 22.3. The lowest BCUT2D eigenvalue weighted by atomic mass is 9.89. The highest BCUT2D eigenvalue weighted by Gasteiger charge is 2.30. The Balaban J connectivity index is 1.25. The van der Waals surface area contributed by atoms with Gasteiger partial charge in [-0.2, -0.15) is 8.70 Å². The maximum atomic E-state index is 13.5. The van der Waals surface area contributed by atoms with E-state index in [-0.39, 0.29) is 5.69 Å². The van der Waals surface area contributed by atoms with E-state index in [9.17, 15) is 12.8 Å². The van der Waals surface area contributed by atoms with Crippen molar-refractivity contribution in [1.82, 2.24) is 24.2 Å². The summed E-state index contributed by atoms with van der Waals surface area (Å²) in [6.07, 6.45) is 8.47. The molecule has 11 heteroatoms. The zero-order chi connectivity index (χ0) is 24.6. The molecule has 3 heterocycles. The summed E-state index contributed by atoms with van der Waals surface area (Å²) in [6, 6.07) is 8.19. The molecule has 0 spiro atoms. The standard InChI is InChI=1S/C24H30FN7O2S/c1-35(33,34)32-10-8-31(9-11-32)19-5-3-18(4-6-19)30-24-20-12-16(2-7-22(20)28-15-29-24)17-13-21(26)23(25)27-14-17/h2,7,12-15,18-19H,3-6,8-11,26H2,1H3,(H,28,29,30). The van der Waals surface area contributed by atoms with E-state index in [1.807, 2.05) is 18.2 Å². The van der Waals surface area contributed by atoms with Gasteiger partial charge in [0.05, 0.1) is 17.5 Å². The van der Waals surface area contributed by atoms with Crippen molar-refractivity contribution < 1.29 is 12.8 Å². The van der Waals surface area contributed by atoms with Crippen LogP contribution in [0.3, 0.4) is 0 Å². The van der Waals surface area contributed by atoms with Gasteiger partial charge in [0, 0.05) is 55.4 Å². The van der Waals surface area contributed by atoms with Crippen molar-refractivity contribution in [2.24, 2.45) is 0 Å². The van der Waals surface area contributed by atoms with Crippen LogP contribution in [0.2, 0.25) is 0 Å². The average molecular weight is 500 g/mol. The third-order valence-corrected chi connectivity index (χ3v) is 8.43. The number of nitrogens with two attached hydrogens (primary N) is 1. The molecule has 1 saturated heterocycles. The number of anilines is 2. The molecule has 0 atom stereocenters. The van der Waals surface area contributed by atoms with Crippen molar-refractivity contribution in [3.8, 4) is 11.1 Å². The fourth-order valence-corrected chi connectivity index (χ4v) is 5.98. The highest BCUT2D eigenvalue weighted by Crippen LogP contribution is 2.31. The van der Waals surface area contributed by atoms with Gasteiger partial charge in [-0.1, -0.05) is 6.07 Å². The minimum Gasteiger partial charge on any atom is -0.395 e. The van der Waals surface area contributed by atoms with Gasteiger partial charge >= 0.3 is 0 Å². The van der Waals surface area contributed by atoms with Gasteiger partial charge in [0.25, 0.3) is 0 Å². The van der Waals surface area contributed by atoms with Crippen molar-refractivity contribution in [2.45, 2.75) is 37.8 Å². The summed E-state index contributed by atoms with van der Waals surface area (Å²) in [5.41, 5.74) is 8.15. The quantitative estimate of drug-likeness (QED) is 0.515. The number of hydrogen-bond acceptors (Lipinski definition) is 8. The molecule has 3 aromatic rings. The predicted octanol–water partition coefficient (Wildman–Crippen LogP) is 2.71. The van der Waals surface area contributed by atoms with Crippen molar-refractivity contribution in [1.29, 1.82) is 0 Å². The van der Waals surface area contributed by atoms with E-state index >= 15 is 0 Å². The van der Waals surface area contributed by atoms with Crippen molar-refractivity contribution >= 4 is 32.4 Å². The molecule has 1 saturated carbocycles. The van der Waals surface area contributed by atoms with Gasteiger partial charge in [0.2, 0.25) is 16.0 Å². The van der Waals surface area contributed by atoms with E-state index in [2.05, 4.69) is 25.2 Å². The molecule has 0 radical (unpaired) electrons. The second kappa shape index (κ2) is 9.63. The van der Waals surface area contributed by atoms with Crippen LogP contribution in [0, 0.1) is 5.95 Å². The van der Waals surface area contributed by atoms with Crippen LogP contribution in [0.1, 0.15) is 25.7 Å². The Labute approximate surface area is 204 Å². The predicted molar refractivity (Wildman–Crippen MR) is 135 cm³/mol. The number of aromatic nitrogens is 3. The van der Waals surface area contributed by atoms with Crippen LogP contribution < -0.4 is 11.1 Å². The topological polar surface area (TPSA) is 117 Å². The van der Waals surface area contributed by atoms with Crippen LogP contribution in [0.25, 0.3) is 22.0 Å². The molecule has 0 bridgehead atoms. The van der Waals surface area contributed by atoms with Crippen molar-refractivity contribution in [2.75, 3.05) is 43.5 Å². The van der Waals surface area contributed by atoms with E-state index in [4.69, 9.17) is 5.73 Å². The Bertz CT molecular complexity index is 1320. The SMILES string of the molecule is CS(=O)(=O)N1CCN(C2CCC(Nc3ncnc4ccc(-c5cnc(F)c(N)c5)cc34)CC2)CC1. The van der Waals surface area contributed by atoms with Gasteiger partial charge in [-0.05, 0) is 49.4 Å². The first-order chi connectivity index (χ1) is 16.8. The lowest BCUT2D eigenvalue weighted by Gasteiger charge is -2.41. The van der Waals surface area contributed by atoms with Gasteiger partial charge in [0.1, 0.15) is 12.1 Å². The first kappa shape index (κ1) is 23.8. The maximum absolute atomic E-state index is 13.5. The third kappa shape index (κ3) is 5.21. The Hall–Kier alpha value is -2.89. The highest BCUT2D eigenvalue weighted by molar-refractivity contribution is 7.88.